The summed E-state index contributed by atoms with van der Waals surface area (Å²) in [5.74, 6) is 0. The van der Waals surface area contributed by atoms with Crippen molar-refractivity contribution >= 4 is 12.4 Å². The van der Waals surface area contributed by atoms with Gasteiger partial charge in [0, 0.05) is 6.42 Å². The standard InChI is InChI=1S/C10H12N4.ClH/c11-7-6-9-8-12-14(13-9)10-4-2-1-3-5-10;/h1-5,8H,6-7,11H2;1H. The Morgan fingerprint density at radius 1 is 1.20 bits per heavy atom. The molecule has 0 radical (unpaired) electrons. The summed E-state index contributed by atoms with van der Waals surface area (Å²) in [5.41, 5.74) is 7.33. The lowest BCUT2D eigenvalue weighted by Gasteiger charge is -1.96. The molecule has 0 saturated heterocycles. The number of aromatic nitrogens is 3. The van der Waals surface area contributed by atoms with E-state index >= 15 is 0 Å². The Bertz CT molecular complexity index is 399. The van der Waals surface area contributed by atoms with Crippen LogP contribution in [0.25, 0.3) is 5.69 Å². The zero-order valence-electron chi connectivity index (χ0n) is 8.21. The fourth-order valence-corrected chi connectivity index (χ4v) is 1.24. The molecule has 4 nitrogen and oxygen atoms in total. The molecule has 0 saturated carbocycles. The van der Waals surface area contributed by atoms with Gasteiger partial charge in [0.05, 0.1) is 17.6 Å². The number of hydrogen-bond acceptors (Lipinski definition) is 3. The van der Waals surface area contributed by atoms with Crippen LogP contribution >= 0.6 is 12.4 Å². The highest BCUT2D eigenvalue weighted by Gasteiger charge is 2.00. The van der Waals surface area contributed by atoms with Crippen molar-refractivity contribution in [2.75, 3.05) is 6.54 Å². The van der Waals surface area contributed by atoms with Crippen molar-refractivity contribution in [3.63, 3.8) is 0 Å². The first-order valence-electron chi connectivity index (χ1n) is 4.57. The van der Waals surface area contributed by atoms with Crippen LogP contribution in [0.2, 0.25) is 0 Å². The number of hydrogen-bond donors (Lipinski definition) is 1. The van der Waals surface area contributed by atoms with E-state index in [9.17, 15) is 0 Å². The van der Waals surface area contributed by atoms with Crippen molar-refractivity contribution in [1.29, 1.82) is 0 Å². The summed E-state index contributed by atoms with van der Waals surface area (Å²) in [6, 6.07) is 9.81. The zero-order valence-corrected chi connectivity index (χ0v) is 9.02. The normalized spacial score (nSPS) is 9.67. The van der Waals surface area contributed by atoms with Crippen molar-refractivity contribution in [3.8, 4) is 5.69 Å². The van der Waals surface area contributed by atoms with Crippen molar-refractivity contribution in [2.45, 2.75) is 6.42 Å². The van der Waals surface area contributed by atoms with E-state index in [0.29, 0.717) is 6.54 Å². The summed E-state index contributed by atoms with van der Waals surface area (Å²) >= 11 is 0. The molecule has 2 N–H and O–H groups in total. The number of para-hydroxylation sites is 1. The molecule has 0 aliphatic heterocycles. The fourth-order valence-electron chi connectivity index (χ4n) is 1.24. The van der Waals surface area contributed by atoms with Crippen LogP contribution in [0.5, 0.6) is 0 Å². The van der Waals surface area contributed by atoms with Gasteiger partial charge in [-0.3, -0.25) is 0 Å². The third-order valence-electron chi connectivity index (χ3n) is 1.93. The number of nitrogens with two attached hydrogens (primary N) is 1. The second-order valence-corrected chi connectivity index (χ2v) is 3.00. The van der Waals surface area contributed by atoms with Crippen LogP contribution in [0.15, 0.2) is 36.5 Å². The molecule has 0 atom stereocenters. The Balaban J connectivity index is 0.00000112. The van der Waals surface area contributed by atoms with E-state index in [1.54, 1.807) is 11.0 Å². The molecule has 15 heavy (non-hydrogen) atoms. The van der Waals surface area contributed by atoms with Crippen molar-refractivity contribution < 1.29 is 0 Å². The Labute approximate surface area is 94.5 Å². The van der Waals surface area contributed by atoms with Crippen LogP contribution in [0.3, 0.4) is 0 Å². The number of halogens is 1. The van der Waals surface area contributed by atoms with Gasteiger partial charge in [0.1, 0.15) is 0 Å². The molecule has 0 bridgehead atoms. The quantitative estimate of drug-likeness (QED) is 0.852. The third-order valence-corrected chi connectivity index (χ3v) is 1.93. The maximum absolute atomic E-state index is 5.43. The first kappa shape index (κ1) is 11.7. The van der Waals surface area contributed by atoms with E-state index in [1.165, 1.54) is 0 Å². The van der Waals surface area contributed by atoms with Gasteiger partial charge in [-0.2, -0.15) is 15.0 Å². The van der Waals surface area contributed by atoms with Crippen molar-refractivity contribution in [1.82, 2.24) is 15.0 Å². The van der Waals surface area contributed by atoms with E-state index in [1.807, 2.05) is 30.3 Å². The first-order chi connectivity index (χ1) is 6.90. The van der Waals surface area contributed by atoms with Gasteiger partial charge in [0.15, 0.2) is 0 Å². The third kappa shape index (κ3) is 2.78. The van der Waals surface area contributed by atoms with Gasteiger partial charge in [-0.15, -0.1) is 12.4 Å². The Hall–Kier alpha value is -1.39. The van der Waals surface area contributed by atoms with E-state index in [2.05, 4.69) is 10.2 Å². The molecule has 0 unspecified atom stereocenters. The van der Waals surface area contributed by atoms with Gasteiger partial charge in [-0.25, -0.2) is 0 Å². The molecular weight excluding hydrogens is 212 g/mol. The lowest BCUT2D eigenvalue weighted by atomic mass is 10.3. The van der Waals surface area contributed by atoms with E-state index < -0.39 is 0 Å². The average molecular weight is 225 g/mol. The molecule has 0 aliphatic carbocycles. The zero-order chi connectivity index (χ0) is 9.80. The average Bonchev–Trinajstić information content (AvgIpc) is 2.68. The summed E-state index contributed by atoms with van der Waals surface area (Å²) < 4.78 is 0. The van der Waals surface area contributed by atoms with Gasteiger partial charge in [0.2, 0.25) is 0 Å². The molecule has 2 rings (SSSR count). The summed E-state index contributed by atoms with van der Waals surface area (Å²) in [6.45, 7) is 0.605. The minimum atomic E-state index is 0. The van der Waals surface area contributed by atoms with Crippen molar-refractivity contribution in [3.05, 3.63) is 42.2 Å². The minimum Gasteiger partial charge on any atom is -0.330 e. The van der Waals surface area contributed by atoms with Crippen LogP contribution in [0.4, 0.5) is 0 Å². The summed E-state index contributed by atoms with van der Waals surface area (Å²) in [7, 11) is 0. The summed E-state index contributed by atoms with van der Waals surface area (Å²) in [5, 5.41) is 8.45. The van der Waals surface area contributed by atoms with Crippen LogP contribution in [-0.4, -0.2) is 21.5 Å². The predicted molar refractivity (Wildman–Crippen MR) is 61.4 cm³/mol. The monoisotopic (exact) mass is 224 g/mol. The summed E-state index contributed by atoms with van der Waals surface area (Å²) in [6.07, 6.45) is 2.52. The van der Waals surface area contributed by atoms with Crippen molar-refractivity contribution in [2.24, 2.45) is 5.73 Å². The molecule has 0 aliphatic rings. The number of nitrogens with zero attached hydrogens (tertiary/aromatic N) is 3. The lowest BCUT2D eigenvalue weighted by Crippen LogP contribution is -2.04. The minimum absolute atomic E-state index is 0. The van der Waals surface area contributed by atoms with Gasteiger partial charge in [0.25, 0.3) is 0 Å². The molecule has 0 amide bonds. The van der Waals surface area contributed by atoms with Crippen LogP contribution in [0, 0.1) is 0 Å². The number of benzene rings is 1. The fraction of sp³-hybridized carbons (Fsp3) is 0.200. The molecule has 2 aromatic rings. The van der Waals surface area contributed by atoms with Gasteiger partial charge in [-0.1, -0.05) is 18.2 Å². The van der Waals surface area contributed by atoms with Crippen LogP contribution in [0.1, 0.15) is 5.69 Å². The predicted octanol–water partition coefficient (Wildman–Crippen LogP) is 1.19. The molecular formula is C10H13ClN4. The molecule has 80 valence electrons. The number of rotatable bonds is 3. The molecule has 0 fully saturated rings. The summed E-state index contributed by atoms with van der Waals surface area (Å²) in [4.78, 5) is 1.62. The molecule has 5 heteroatoms. The Morgan fingerprint density at radius 3 is 2.60 bits per heavy atom. The smallest absolute Gasteiger partial charge is 0.0856 e. The van der Waals surface area contributed by atoms with Crippen LogP contribution < -0.4 is 5.73 Å². The van der Waals surface area contributed by atoms with Crippen LogP contribution in [-0.2, 0) is 6.42 Å². The van der Waals surface area contributed by atoms with E-state index in [0.717, 1.165) is 17.8 Å². The van der Waals surface area contributed by atoms with Gasteiger partial charge < -0.3 is 5.73 Å². The lowest BCUT2D eigenvalue weighted by molar-refractivity contribution is 0.735. The molecule has 1 aromatic carbocycles. The van der Waals surface area contributed by atoms with E-state index in [4.69, 9.17) is 5.73 Å². The largest absolute Gasteiger partial charge is 0.330 e. The molecule has 1 heterocycles. The molecule has 1 aromatic heterocycles. The highest BCUT2D eigenvalue weighted by molar-refractivity contribution is 5.85. The maximum atomic E-state index is 5.43. The Morgan fingerprint density at radius 2 is 1.93 bits per heavy atom. The second-order valence-electron chi connectivity index (χ2n) is 3.00. The topological polar surface area (TPSA) is 56.7 Å². The van der Waals surface area contributed by atoms with Gasteiger partial charge >= 0.3 is 0 Å². The SMILES string of the molecule is Cl.NCCc1cnn(-c2ccccc2)n1. The van der Waals surface area contributed by atoms with Gasteiger partial charge in [-0.05, 0) is 18.7 Å². The van der Waals surface area contributed by atoms with E-state index in [-0.39, 0.29) is 12.4 Å². The Kier molecular flexibility index (Phi) is 4.27. The highest BCUT2D eigenvalue weighted by atomic mass is 35.5. The maximum Gasteiger partial charge on any atom is 0.0856 e. The first-order valence-corrected chi connectivity index (χ1v) is 4.57. The molecule has 0 spiro atoms. The second kappa shape index (κ2) is 5.48. The highest BCUT2D eigenvalue weighted by Crippen LogP contribution is 2.03.